The standard InChI is InChI=1S/C12H14ClN3O4/c1-3-18-12(17)7-4-9(20-6(7)2)11-10(13)8(5-19-11)15-16-14/h4,8,10-11H,3,5H2,1-2H3/t8-,10-,11+/m0/s1. The summed E-state index contributed by atoms with van der Waals surface area (Å²) in [6, 6.07) is 1.11. The Balaban J connectivity index is 2.20. The van der Waals surface area contributed by atoms with E-state index in [0.29, 0.717) is 17.1 Å². The smallest absolute Gasteiger partial charge is 0.341 e. The van der Waals surface area contributed by atoms with E-state index in [1.165, 1.54) is 0 Å². The molecule has 20 heavy (non-hydrogen) atoms. The van der Waals surface area contributed by atoms with Crippen molar-refractivity contribution < 1.29 is 18.7 Å². The van der Waals surface area contributed by atoms with E-state index in [9.17, 15) is 4.79 Å². The van der Waals surface area contributed by atoms with Gasteiger partial charge in [-0.15, -0.1) is 11.6 Å². The lowest BCUT2D eigenvalue weighted by Crippen LogP contribution is -2.17. The van der Waals surface area contributed by atoms with Crippen LogP contribution >= 0.6 is 11.6 Å². The Kier molecular flexibility index (Phi) is 4.54. The SMILES string of the molecule is CCOC(=O)c1cc([C@H]2OC[C@H](N=[N+]=[N-])[C@@H]2Cl)oc1C. The molecule has 0 radical (unpaired) electrons. The van der Waals surface area contributed by atoms with E-state index >= 15 is 0 Å². The van der Waals surface area contributed by atoms with Gasteiger partial charge in [0.15, 0.2) is 0 Å². The maximum atomic E-state index is 11.7. The van der Waals surface area contributed by atoms with Crippen LogP contribution in [0.15, 0.2) is 15.6 Å². The average Bonchev–Trinajstić information content (AvgIpc) is 2.95. The summed E-state index contributed by atoms with van der Waals surface area (Å²) in [6.45, 7) is 3.90. The zero-order valence-electron chi connectivity index (χ0n) is 11.1. The molecule has 1 fully saturated rings. The number of esters is 1. The first kappa shape index (κ1) is 14.7. The van der Waals surface area contributed by atoms with Gasteiger partial charge in [0.05, 0.1) is 24.6 Å². The third-order valence-electron chi connectivity index (χ3n) is 3.02. The summed E-state index contributed by atoms with van der Waals surface area (Å²) in [5, 5.41) is 3.03. The Morgan fingerprint density at radius 2 is 2.45 bits per heavy atom. The Hall–Kier alpha value is -1.69. The number of azide groups is 1. The Bertz CT molecular complexity index is 553. The van der Waals surface area contributed by atoms with Crippen molar-refractivity contribution in [3.8, 4) is 0 Å². The summed E-state index contributed by atoms with van der Waals surface area (Å²) < 4.78 is 15.9. The number of ether oxygens (including phenoxy) is 2. The third-order valence-corrected chi connectivity index (χ3v) is 3.54. The summed E-state index contributed by atoms with van der Waals surface area (Å²) >= 11 is 6.19. The van der Waals surface area contributed by atoms with Crippen LogP contribution < -0.4 is 0 Å². The average molecular weight is 300 g/mol. The summed E-state index contributed by atoms with van der Waals surface area (Å²) in [4.78, 5) is 14.4. The lowest BCUT2D eigenvalue weighted by atomic mass is 10.1. The minimum absolute atomic E-state index is 0.220. The van der Waals surface area contributed by atoms with Gasteiger partial charge in [0.25, 0.3) is 0 Å². The second kappa shape index (κ2) is 6.17. The summed E-state index contributed by atoms with van der Waals surface area (Å²) in [6.07, 6.45) is -0.547. The van der Waals surface area contributed by atoms with Crippen LogP contribution in [0.5, 0.6) is 0 Å². The molecule has 0 bridgehead atoms. The molecule has 2 rings (SSSR count). The number of carbonyl (C=O) groups is 1. The summed E-state index contributed by atoms with van der Waals surface area (Å²) in [5.41, 5.74) is 8.79. The highest BCUT2D eigenvalue weighted by molar-refractivity contribution is 6.21. The van der Waals surface area contributed by atoms with Crippen LogP contribution in [0.2, 0.25) is 0 Å². The molecule has 1 saturated heterocycles. The van der Waals surface area contributed by atoms with Gasteiger partial charge in [-0.2, -0.15) is 0 Å². The van der Waals surface area contributed by atoms with Crippen molar-refractivity contribution in [3.63, 3.8) is 0 Å². The monoisotopic (exact) mass is 299 g/mol. The predicted molar refractivity (Wildman–Crippen MR) is 70.7 cm³/mol. The van der Waals surface area contributed by atoms with Crippen molar-refractivity contribution in [3.05, 3.63) is 33.6 Å². The van der Waals surface area contributed by atoms with E-state index in [-0.39, 0.29) is 13.2 Å². The molecule has 0 amide bonds. The normalized spacial score (nSPS) is 25.2. The molecule has 1 aliphatic heterocycles. The maximum Gasteiger partial charge on any atom is 0.341 e. The molecule has 0 unspecified atom stereocenters. The first-order chi connectivity index (χ1) is 9.58. The minimum Gasteiger partial charge on any atom is -0.463 e. The molecule has 1 aliphatic rings. The lowest BCUT2D eigenvalue weighted by molar-refractivity contribution is 0.0524. The van der Waals surface area contributed by atoms with E-state index in [1.54, 1.807) is 19.9 Å². The van der Waals surface area contributed by atoms with Gasteiger partial charge in [-0.3, -0.25) is 0 Å². The Morgan fingerprint density at radius 3 is 3.10 bits per heavy atom. The van der Waals surface area contributed by atoms with E-state index < -0.39 is 23.5 Å². The number of carbonyl (C=O) groups excluding carboxylic acids is 1. The van der Waals surface area contributed by atoms with E-state index in [4.69, 9.17) is 31.0 Å². The molecule has 1 aromatic rings. The largest absolute Gasteiger partial charge is 0.463 e. The number of furan rings is 1. The van der Waals surface area contributed by atoms with Crippen molar-refractivity contribution in [2.75, 3.05) is 13.2 Å². The van der Waals surface area contributed by atoms with Crippen LogP contribution in [-0.2, 0) is 9.47 Å². The minimum atomic E-state index is -0.547. The molecular weight excluding hydrogens is 286 g/mol. The lowest BCUT2D eigenvalue weighted by Gasteiger charge is -2.11. The van der Waals surface area contributed by atoms with Gasteiger partial charge in [0.2, 0.25) is 0 Å². The molecular formula is C12H14ClN3O4. The van der Waals surface area contributed by atoms with Crippen molar-refractivity contribution >= 4 is 17.6 Å². The summed E-state index contributed by atoms with van der Waals surface area (Å²) in [7, 11) is 0. The number of alkyl halides is 1. The molecule has 0 spiro atoms. The fourth-order valence-electron chi connectivity index (χ4n) is 2.05. The van der Waals surface area contributed by atoms with Gasteiger partial charge in [-0.25, -0.2) is 4.79 Å². The Labute approximate surface area is 120 Å². The second-order valence-electron chi connectivity index (χ2n) is 4.31. The van der Waals surface area contributed by atoms with Crippen molar-refractivity contribution in [2.45, 2.75) is 31.4 Å². The molecule has 1 aromatic heterocycles. The zero-order valence-corrected chi connectivity index (χ0v) is 11.8. The highest BCUT2D eigenvalue weighted by Crippen LogP contribution is 2.36. The molecule has 0 saturated carbocycles. The first-order valence-corrected chi connectivity index (χ1v) is 6.59. The number of hydrogen-bond acceptors (Lipinski definition) is 5. The van der Waals surface area contributed by atoms with Crippen LogP contribution in [0.25, 0.3) is 10.4 Å². The van der Waals surface area contributed by atoms with Gasteiger partial charge in [-0.05, 0) is 25.4 Å². The van der Waals surface area contributed by atoms with Crippen molar-refractivity contribution in [2.24, 2.45) is 5.11 Å². The van der Waals surface area contributed by atoms with Gasteiger partial charge >= 0.3 is 5.97 Å². The highest BCUT2D eigenvalue weighted by atomic mass is 35.5. The quantitative estimate of drug-likeness (QED) is 0.280. The Morgan fingerprint density at radius 1 is 1.70 bits per heavy atom. The fourth-order valence-corrected chi connectivity index (χ4v) is 2.37. The number of rotatable bonds is 4. The topological polar surface area (TPSA) is 97.4 Å². The predicted octanol–water partition coefficient (Wildman–Crippen LogP) is 3.12. The first-order valence-electron chi connectivity index (χ1n) is 6.15. The van der Waals surface area contributed by atoms with Gasteiger partial charge in [-0.1, -0.05) is 5.11 Å². The fraction of sp³-hybridized carbons (Fsp3) is 0.583. The van der Waals surface area contributed by atoms with Crippen LogP contribution in [-0.4, -0.2) is 30.6 Å². The highest BCUT2D eigenvalue weighted by Gasteiger charge is 2.39. The van der Waals surface area contributed by atoms with Gasteiger partial charge in [0.1, 0.15) is 23.2 Å². The van der Waals surface area contributed by atoms with E-state index in [0.717, 1.165) is 0 Å². The molecule has 3 atom stereocenters. The zero-order chi connectivity index (χ0) is 14.7. The summed E-state index contributed by atoms with van der Waals surface area (Å²) in [5.74, 6) is 0.426. The van der Waals surface area contributed by atoms with Crippen LogP contribution in [0.4, 0.5) is 0 Å². The van der Waals surface area contributed by atoms with Crippen LogP contribution in [0, 0.1) is 6.92 Å². The van der Waals surface area contributed by atoms with E-state index in [1.807, 2.05) is 0 Å². The van der Waals surface area contributed by atoms with Gasteiger partial charge < -0.3 is 13.9 Å². The molecule has 2 heterocycles. The number of hydrogen-bond donors (Lipinski definition) is 0. The molecule has 0 aromatic carbocycles. The molecule has 8 heteroatoms. The maximum absolute atomic E-state index is 11.7. The molecule has 108 valence electrons. The van der Waals surface area contributed by atoms with Gasteiger partial charge in [0, 0.05) is 4.91 Å². The van der Waals surface area contributed by atoms with Crippen LogP contribution in [0.1, 0.15) is 34.9 Å². The van der Waals surface area contributed by atoms with Crippen LogP contribution in [0.3, 0.4) is 0 Å². The third kappa shape index (κ3) is 2.75. The molecule has 7 nitrogen and oxygen atoms in total. The molecule has 0 aliphatic carbocycles. The number of nitrogens with zero attached hydrogens (tertiary/aromatic N) is 3. The second-order valence-corrected chi connectivity index (χ2v) is 4.81. The van der Waals surface area contributed by atoms with Crippen molar-refractivity contribution in [1.29, 1.82) is 0 Å². The number of aryl methyl sites for hydroxylation is 1. The van der Waals surface area contributed by atoms with E-state index in [2.05, 4.69) is 10.0 Å². The molecule has 0 N–H and O–H groups in total. The number of halogens is 1. The van der Waals surface area contributed by atoms with Crippen molar-refractivity contribution in [1.82, 2.24) is 0 Å².